The molecule has 0 aromatic carbocycles. The molecule has 23 heavy (non-hydrogen) atoms. The largest absolute Gasteiger partial charge is 0.376 e. The average molecular weight is 321 g/mol. The Bertz CT molecular complexity index is 539. The Morgan fingerprint density at radius 3 is 3.00 bits per heavy atom. The summed E-state index contributed by atoms with van der Waals surface area (Å²) in [7, 11) is 0. The van der Waals surface area contributed by atoms with Gasteiger partial charge in [-0.05, 0) is 46.5 Å². The quantitative estimate of drug-likeness (QED) is 0.855. The monoisotopic (exact) mass is 321 g/mol. The van der Waals surface area contributed by atoms with Crippen LogP contribution >= 0.6 is 0 Å². The predicted octanol–water partition coefficient (Wildman–Crippen LogP) is 2.54. The van der Waals surface area contributed by atoms with E-state index in [2.05, 4.69) is 18.9 Å². The van der Waals surface area contributed by atoms with Crippen LogP contribution in [0.3, 0.4) is 0 Å². The summed E-state index contributed by atoms with van der Waals surface area (Å²) in [5.74, 6) is 0.868. The van der Waals surface area contributed by atoms with Crippen molar-refractivity contribution in [3.8, 4) is 0 Å². The molecule has 128 valence electrons. The van der Waals surface area contributed by atoms with Crippen molar-refractivity contribution in [1.29, 1.82) is 0 Å². The number of carbonyl (C=O) groups is 1. The molecule has 1 aromatic heterocycles. The van der Waals surface area contributed by atoms with E-state index in [1.54, 1.807) is 6.20 Å². The molecular weight excluding hydrogens is 294 g/mol. The molecule has 2 aliphatic heterocycles. The predicted molar refractivity (Wildman–Crippen MR) is 87.5 cm³/mol. The molecule has 1 amide bonds. The fourth-order valence-corrected chi connectivity index (χ4v) is 3.55. The zero-order valence-corrected chi connectivity index (χ0v) is 14.3. The topological polar surface area (TPSA) is 56.6 Å². The van der Waals surface area contributed by atoms with Gasteiger partial charge >= 0.3 is 0 Å². The zero-order chi connectivity index (χ0) is 16.4. The lowest BCUT2D eigenvalue weighted by Gasteiger charge is -2.38. The van der Waals surface area contributed by atoms with E-state index in [0.717, 1.165) is 31.7 Å². The van der Waals surface area contributed by atoms with Crippen molar-refractivity contribution in [1.82, 2.24) is 9.78 Å². The molecule has 0 aliphatic carbocycles. The van der Waals surface area contributed by atoms with Crippen LogP contribution in [-0.4, -0.2) is 47.2 Å². The molecular formula is C17H27N3O3. The van der Waals surface area contributed by atoms with Gasteiger partial charge in [0.2, 0.25) is 0 Å². The summed E-state index contributed by atoms with van der Waals surface area (Å²) in [5, 5.41) is 4.35. The Kier molecular flexibility index (Phi) is 5.02. The minimum atomic E-state index is -0.472. The third-order valence-corrected chi connectivity index (χ3v) is 4.83. The molecule has 1 fully saturated rings. The average Bonchev–Trinajstić information content (AvgIpc) is 3.03. The van der Waals surface area contributed by atoms with Gasteiger partial charge in [-0.2, -0.15) is 5.10 Å². The molecule has 0 radical (unpaired) electrons. The molecule has 6 heteroatoms. The van der Waals surface area contributed by atoms with Crippen LogP contribution in [0.4, 0.5) is 5.82 Å². The standard InChI is InChI=1S/C17H27N3O3/c1-12-10-13(2)20-16(7-8-18-20)19(12)17(21)14(3)23-11-15-6-4-5-9-22-15/h7-8,12-15H,4-6,9-11H2,1-3H3/t12-,13+,14-,15-/m0/s1. The summed E-state index contributed by atoms with van der Waals surface area (Å²) in [4.78, 5) is 14.7. The van der Waals surface area contributed by atoms with Gasteiger partial charge in [-0.1, -0.05) is 0 Å². The van der Waals surface area contributed by atoms with Crippen LogP contribution in [0.2, 0.25) is 0 Å². The van der Waals surface area contributed by atoms with Gasteiger partial charge in [-0.15, -0.1) is 0 Å². The first-order valence-corrected chi connectivity index (χ1v) is 8.67. The highest BCUT2D eigenvalue weighted by atomic mass is 16.5. The maximum atomic E-state index is 12.9. The van der Waals surface area contributed by atoms with E-state index in [-0.39, 0.29) is 18.1 Å². The number of rotatable bonds is 4. The maximum Gasteiger partial charge on any atom is 0.257 e. The molecule has 3 rings (SSSR count). The third-order valence-electron chi connectivity index (χ3n) is 4.83. The molecule has 0 unspecified atom stereocenters. The van der Waals surface area contributed by atoms with Gasteiger partial charge in [0.05, 0.1) is 24.9 Å². The van der Waals surface area contributed by atoms with Crippen LogP contribution in [0, 0.1) is 0 Å². The van der Waals surface area contributed by atoms with E-state index in [0.29, 0.717) is 12.6 Å². The normalized spacial score (nSPS) is 29.2. The first kappa shape index (κ1) is 16.5. The van der Waals surface area contributed by atoms with Crippen molar-refractivity contribution < 1.29 is 14.3 Å². The molecule has 0 saturated carbocycles. The molecule has 0 N–H and O–H groups in total. The Labute approximate surface area is 137 Å². The SMILES string of the molecule is C[C@H](OC[C@@H]1CCCCO1)C(=O)N1c2ccnn2[C@H](C)C[C@@H]1C. The molecule has 4 atom stereocenters. The Morgan fingerprint density at radius 2 is 2.26 bits per heavy atom. The minimum Gasteiger partial charge on any atom is -0.376 e. The highest BCUT2D eigenvalue weighted by Gasteiger charge is 2.35. The zero-order valence-electron chi connectivity index (χ0n) is 14.3. The van der Waals surface area contributed by atoms with Gasteiger partial charge in [0.15, 0.2) is 0 Å². The Balaban J connectivity index is 1.63. The maximum absolute atomic E-state index is 12.9. The molecule has 1 saturated heterocycles. The van der Waals surface area contributed by atoms with Crippen molar-refractivity contribution in [2.45, 2.75) is 70.7 Å². The molecule has 3 heterocycles. The summed E-state index contributed by atoms with van der Waals surface area (Å²) in [5.41, 5.74) is 0. The van der Waals surface area contributed by atoms with E-state index < -0.39 is 6.10 Å². The molecule has 0 bridgehead atoms. The van der Waals surface area contributed by atoms with Gasteiger partial charge in [0, 0.05) is 18.7 Å². The first-order chi connectivity index (χ1) is 11.1. The third kappa shape index (κ3) is 3.43. The lowest BCUT2D eigenvalue weighted by atomic mass is 10.0. The Morgan fingerprint density at radius 1 is 1.43 bits per heavy atom. The van der Waals surface area contributed by atoms with Gasteiger partial charge in [0.1, 0.15) is 11.9 Å². The molecule has 1 aromatic rings. The van der Waals surface area contributed by atoms with Crippen molar-refractivity contribution in [2.24, 2.45) is 0 Å². The number of hydrogen-bond acceptors (Lipinski definition) is 4. The van der Waals surface area contributed by atoms with Crippen molar-refractivity contribution >= 4 is 11.7 Å². The lowest BCUT2D eigenvalue weighted by molar-refractivity contribution is -0.133. The van der Waals surface area contributed by atoms with Gasteiger partial charge < -0.3 is 9.47 Å². The molecule has 0 spiro atoms. The summed E-state index contributed by atoms with van der Waals surface area (Å²) >= 11 is 0. The number of nitrogens with zero attached hydrogens (tertiary/aromatic N) is 3. The summed E-state index contributed by atoms with van der Waals surface area (Å²) in [6, 6.07) is 2.37. The van der Waals surface area contributed by atoms with Crippen molar-refractivity contribution in [2.75, 3.05) is 18.1 Å². The summed E-state index contributed by atoms with van der Waals surface area (Å²) < 4.78 is 13.4. The number of carbonyl (C=O) groups excluding carboxylic acids is 1. The van der Waals surface area contributed by atoms with E-state index in [9.17, 15) is 4.79 Å². The number of hydrogen-bond donors (Lipinski definition) is 0. The van der Waals surface area contributed by atoms with Gasteiger partial charge in [-0.3, -0.25) is 9.69 Å². The van der Waals surface area contributed by atoms with Crippen molar-refractivity contribution in [3.05, 3.63) is 12.3 Å². The van der Waals surface area contributed by atoms with Gasteiger partial charge in [-0.25, -0.2) is 4.68 Å². The number of fused-ring (bicyclic) bond motifs is 1. The Hall–Kier alpha value is -1.40. The van der Waals surface area contributed by atoms with E-state index in [4.69, 9.17) is 9.47 Å². The van der Waals surface area contributed by atoms with Crippen LogP contribution in [0.5, 0.6) is 0 Å². The molecule has 2 aliphatic rings. The first-order valence-electron chi connectivity index (χ1n) is 8.67. The minimum absolute atomic E-state index is 0.00181. The fourth-order valence-electron chi connectivity index (χ4n) is 3.55. The van der Waals surface area contributed by atoms with E-state index in [1.807, 2.05) is 22.6 Å². The summed E-state index contributed by atoms with van der Waals surface area (Å²) in [6.45, 7) is 7.34. The number of aromatic nitrogens is 2. The highest BCUT2D eigenvalue weighted by molar-refractivity contribution is 5.96. The molecule has 6 nitrogen and oxygen atoms in total. The van der Waals surface area contributed by atoms with Crippen LogP contribution in [0.25, 0.3) is 0 Å². The van der Waals surface area contributed by atoms with Crippen LogP contribution in [-0.2, 0) is 14.3 Å². The van der Waals surface area contributed by atoms with Crippen LogP contribution in [0.1, 0.15) is 52.5 Å². The second kappa shape index (κ2) is 7.01. The van der Waals surface area contributed by atoms with E-state index in [1.165, 1.54) is 6.42 Å². The summed E-state index contributed by atoms with van der Waals surface area (Å²) in [6.07, 6.45) is 5.63. The number of amides is 1. The van der Waals surface area contributed by atoms with Gasteiger partial charge in [0.25, 0.3) is 5.91 Å². The number of anilines is 1. The fraction of sp³-hybridized carbons (Fsp3) is 0.765. The van der Waals surface area contributed by atoms with Crippen LogP contribution in [0.15, 0.2) is 12.3 Å². The highest BCUT2D eigenvalue weighted by Crippen LogP contribution is 2.31. The smallest absolute Gasteiger partial charge is 0.257 e. The second-order valence-corrected chi connectivity index (χ2v) is 6.74. The van der Waals surface area contributed by atoms with Crippen LogP contribution < -0.4 is 4.90 Å². The number of ether oxygens (including phenoxy) is 2. The second-order valence-electron chi connectivity index (χ2n) is 6.74. The lowest BCUT2D eigenvalue weighted by Crippen LogP contribution is -2.49. The van der Waals surface area contributed by atoms with E-state index >= 15 is 0 Å². The van der Waals surface area contributed by atoms with Crippen molar-refractivity contribution in [3.63, 3.8) is 0 Å².